The summed E-state index contributed by atoms with van der Waals surface area (Å²) in [5.41, 5.74) is 7.83. The molecule has 196 valence electrons. The molecule has 0 bridgehead atoms. The van der Waals surface area contributed by atoms with Crippen LogP contribution in [0.25, 0.3) is 16.7 Å². The van der Waals surface area contributed by atoms with Crippen LogP contribution in [-0.4, -0.2) is 48.7 Å². The fourth-order valence-electron chi connectivity index (χ4n) is 4.56. The van der Waals surface area contributed by atoms with Gasteiger partial charge in [-0.3, -0.25) is 19.3 Å². The van der Waals surface area contributed by atoms with Crippen molar-refractivity contribution in [3.8, 4) is 5.82 Å². The summed E-state index contributed by atoms with van der Waals surface area (Å²) in [5.74, 6) is 0.550. The molecule has 0 unspecified atom stereocenters. The third-order valence-electron chi connectivity index (χ3n) is 6.77. The Labute approximate surface area is 224 Å². The minimum absolute atomic E-state index is 0.0112. The molecule has 0 aliphatic heterocycles. The molecule has 1 saturated carbocycles. The third kappa shape index (κ3) is 5.04. The predicted octanol–water partition coefficient (Wildman–Crippen LogP) is 4.10. The van der Waals surface area contributed by atoms with Gasteiger partial charge in [-0.1, -0.05) is 18.5 Å². The van der Waals surface area contributed by atoms with Crippen LogP contribution in [0.1, 0.15) is 59.0 Å². The van der Waals surface area contributed by atoms with Crippen molar-refractivity contribution in [2.75, 3.05) is 11.4 Å². The van der Waals surface area contributed by atoms with Crippen LogP contribution in [0.2, 0.25) is 5.02 Å². The lowest BCUT2D eigenvalue weighted by molar-refractivity contribution is -0.119. The number of rotatable bonds is 10. The van der Waals surface area contributed by atoms with E-state index in [1.165, 1.54) is 0 Å². The number of aromatic nitrogens is 5. The van der Waals surface area contributed by atoms with E-state index in [9.17, 15) is 14.4 Å². The summed E-state index contributed by atoms with van der Waals surface area (Å²) in [6.45, 7) is 4.30. The lowest BCUT2D eigenvalue weighted by Crippen LogP contribution is -2.36. The number of hydrogen-bond acceptors (Lipinski definition) is 6. The van der Waals surface area contributed by atoms with E-state index in [0.29, 0.717) is 63.3 Å². The number of halogens is 1. The Bertz CT molecular complexity index is 1540. The van der Waals surface area contributed by atoms with Crippen LogP contribution in [0.4, 0.5) is 5.82 Å². The van der Waals surface area contributed by atoms with Crippen molar-refractivity contribution in [3.05, 3.63) is 64.6 Å². The number of Topliss-reactive ketones (excluding diaryl/α,β-unsaturated/α-hetero) is 1. The molecule has 10 nitrogen and oxygen atoms in total. The van der Waals surface area contributed by atoms with E-state index in [-0.39, 0.29) is 18.2 Å². The van der Waals surface area contributed by atoms with Crippen LogP contribution >= 0.6 is 11.6 Å². The zero-order valence-electron chi connectivity index (χ0n) is 21.2. The number of ketones is 1. The number of carbonyl (C=O) groups is 3. The molecule has 3 aromatic heterocycles. The van der Waals surface area contributed by atoms with E-state index in [2.05, 4.69) is 15.3 Å². The highest BCUT2D eigenvalue weighted by molar-refractivity contribution is 6.31. The van der Waals surface area contributed by atoms with E-state index in [4.69, 9.17) is 17.3 Å². The quantitative estimate of drug-likeness (QED) is 0.305. The number of carbonyl (C=O) groups excluding carboxylic acids is 3. The number of amides is 2. The fraction of sp³-hybridized carbons (Fsp3) is 0.333. The van der Waals surface area contributed by atoms with Crippen molar-refractivity contribution in [2.45, 2.75) is 46.1 Å². The van der Waals surface area contributed by atoms with Crippen LogP contribution in [-0.2, 0) is 11.3 Å². The van der Waals surface area contributed by atoms with Crippen molar-refractivity contribution >= 4 is 45.9 Å². The highest BCUT2D eigenvalue weighted by atomic mass is 35.5. The molecule has 2 amide bonds. The summed E-state index contributed by atoms with van der Waals surface area (Å²) in [4.78, 5) is 39.5. The second-order valence-corrected chi connectivity index (χ2v) is 10.1. The molecule has 1 aromatic carbocycles. The number of nitrogens with two attached hydrogens (primary N) is 1. The molecule has 1 aliphatic rings. The second-order valence-electron chi connectivity index (χ2n) is 9.62. The van der Waals surface area contributed by atoms with Crippen LogP contribution in [0.15, 0.2) is 42.7 Å². The average molecular weight is 534 g/mol. The predicted molar refractivity (Wildman–Crippen MR) is 144 cm³/mol. The maximum absolute atomic E-state index is 13.6. The topological polar surface area (TPSA) is 129 Å². The highest BCUT2D eigenvalue weighted by Crippen LogP contribution is 2.32. The van der Waals surface area contributed by atoms with Crippen LogP contribution < -0.4 is 10.6 Å². The Morgan fingerprint density at radius 2 is 1.92 bits per heavy atom. The van der Waals surface area contributed by atoms with Crippen LogP contribution in [0, 0.1) is 12.8 Å². The molecule has 0 spiro atoms. The van der Waals surface area contributed by atoms with Gasteiger partial charge in [0.05, 0.1) is 23.0 Å². The first-order chi connectivity index (χ1) is 18.3. The minimum Gasteiger partial charge on any atom is -0.366 e. The first kappa shape index (κ1) is 25.6. The summed E-state index contributed by atoms with van der Waals surface area (Å²) < 4.78 is 3.28. The number of anilines is 1. The summed E-state index contributed by atoms with van der Waals surface area (Å²) in [7, 11) is 0. The van der Waals surface area contributed by atoms with Crippen molar-refractivity contribution in [3.63, 3.8) is 0 Å². The third-order valence-corrected chi connectivity index (χ3v) is 7.01. The molecule has 3 heterocycles. The molecule has 0 radical (unpaired) electrons. The molecule has 0 saturated heterocycles. The standard InChI is InChI=1S/C27H28ClN7O3/c1-3-4-23(36)20-12-30-35(16(20)2)25-10-9-24(31-32-25)34(13-17-5-6-17)26(37)15-33-14-21(27(29)38)19-11-18(28)7-8-22(19)33/h7-12,14,17H,3-6,13,15H2,1-2H3,(H2,29,38). The Morgan fingerprint density at radius 1 is 1.13 bits per heavy atom. The Kier molecular flexibility index (Phi) is 6.98. The van der Waals surface area contributed by atoms with E-state index in [0.717, 1.165) is 19.3 Å². The molecule has 38 heavy (non-hydrogen) atoms. The SMILES string of the molecule is CCCC(=O)c1cnn(-c2ccc(N(CC3CC3)C(=O)Cn3cc(C(N)=O)c4cc(Cl)ccc43)nn2)c1C. The Balaban J connectivity index is 1.41. The number of fused-ring (bicyclic) bond motifs is 1. The van der Waals surface area contributed by atoms with E-state index >= 15 is 0 Å². The maximum Gasteiger partial charge on any atom is 0.250 e. The summed E-state index contributed by atoms with van der Waals surface area (Å²) in [5, 5.41) is 14.1. The molecule has 11 heteroatoms. The molecule has 2 N–H and O–H groups in total. The Morgan fingerprint density at radius 3 is 2.58 bits per heavy atom. The molecule has 1 aliphatic carbocycles. The largest absolute Gasteiger partial charge is 0.366 e. The van der Waals surface area contributed by atoms with Crippen molar-refractivity contribution in [1.29, 1.82) is 0 Å². The lowest BCUT2D eigenvalue weighted by atomic mass is 10.1. The van der Waals surface area contributed by atoms with Crippen molar-refractivity contribution in [1.82, 2.24) is 24.5 Å². The lowest BCUT2D eigenvalue weighted by Gasteiger charge is -2.22. The van der Waals surface area contributed by atoms with E-state index in [1.807, 2.05) is 13.8 Å². The maximum atomic E-state index is 13.6. The Hall–Kier alpha value is -4.05. The van der Waals surface area contributed by atoms with Gasteiger partial charge in [0.15, 0.2) is 17.4 Å². The molecular weight excluding hydrogens is 506 g/mol. The van der Waals surface area contributed by atoms with Crippen LogP contribution in [0.5, 0.6) is 0 Å². The monoisotopic (exact) mass is 533 g/mol. The van der Waals surface area contributed by atoms with Gasteiger partial charge in [-0.2, -0.15) is 5.10 Å². The number of primary amides is 1. The average Bonchev–Trinajstić information content (AvgIpc) is 3.53. The molecule has 4 aromatic rings. The number of benzene rings is 1. The summed E-state index contributed by atoms with van der Waals surface area (Å²) in [6, 6.07) is 8.62. The van der Waals surface area contributed by atoms with Gasteiger partial charge in [0.1, 0.15) is 6.54 Å². The van der Waals surface area contributed by atoms with Gasteiger partial charge in [0, 0.05) is 35.1 Å². The van der Waals surface area contributed by atoms with E-state index in [1.54, 1.807) is 56.9 Å². The van der Waals surface area contributed by atoms with E-state index < -0.39 is 5.91 Å². The highest BCUT2D eigenvalue weighted by Gasteiger charge is 2.29. The summed E-state index contributed by atoms with van der Waals surface area (Å²) in [6.07, 6.45) is 6.46. The van der Waals surface area contributed by atoms with Gasteiger partial charge >= 0.3 is 0 Å². The van der Waals surface area contributed by atoms with Gasteiger partial charge < -0.3 is 10.3 Å². The first-order valence-electron chi connectivity index (χ1n) is 12.6. The zero-order valence-corrected chi connectivity index (χ0v) is 22.0. The molecule has 0 atom stereocenters. The number of hydrogen-bond donors (Lipinski definition) is 1. The fourth-order valence-corrected chi connectivity index (χ4v) is 4.73. The smallest absolute Gasteiger partial charge is 0.250 e. The minimum atomic E-state index is -0.590. The number of nitrogens with zero attached hydrogens (tertiary/aromatic N) is 6. The van der Waals surface area contributed by atoms with Gasteiger partial charge in [0.25, 0.3) is 5.91 Å². The summed E-state index contributed by atoms with van der Waals surface area (Å²) >= 11 is 6.13. The molecule has 5 rings (SSSR count). The normalized spacial score (nSPS) is 13.1. The van der Waals surface area contributed by atoms with Gasteiger partial charge in [-0.25, -0.2) is 4.68 Å². The zero-order chi connectivity index (χ0) is 27.0. The van der Waals surface area contributed by atoms with Crippen molar-refractivity contribution < 1.29 is 14.4 Å². The van der Waals surface area contributed by atoms with Gasteiger partial charge in [-0.15, -0.1) is 10.2 Å². The van der Waals surface area contributed by atoms with Gasteiger partial charge in [0.2, 0.25) is 5.91 Å². The molecule has 1 fully saturated rings. The first-order valence-corrected chi connectivity index (χ1v) is 12.9. The molecular formula is C27H28ClN7O3. The van der Waals surface area contributed by atoms with Crippen molar-refractivity contribution in [2.24, 2.45) is 11.7 Å². The van der Waals surface area contributed by atoms with Gasteiger partial charge in [-0.05, 0) is 62.4 Å². The van der Waals surface area contributed by atoms with Crippen LogP contribution in [0.3, 0.4) is 0 Å². The second kappa shape index (κ2) is 10.4.